The quantitative estimate of drug-likeness (QED) is 0.858. The summed E-state index contributed by atoms with van der Waals surface area (Å²) in [5.74, 6) is 0.788. The summed E-state index contributed by atoms with van der Waals surface area (Å²) in [4.78, 5) is 5.20. The lowest BCUT2D eigenvalue weighted by Gasteiger charge is -2.43. The van der Waals surface area contributed by atoms with Crippen molar-refractivity contribution in [1.82, 2.24) is 4.90 Å². The van der Waals surface area contributed by atoms with E-state index in [0.29, 0.717) is 0 Å². The summed E-state index contributed by atoms with van der Waals surface area (Å²) in [5, 5.41) is 0. The largest absolute Gasteiger partial charge is 0.399 e. The molecule has 1 aromatic rings. The van der Waals surface area contributed by atoms with Gasteiger partial charge in [-0.05, 0) is 74.9 Å². The van der Waals surface area contributed by atoms with Crippen LogP contribution in [0.1, 0.15) is 43.6 Å². The van der Waals surface area contributed by atoms with E-state index in [1.54, 1.807) is 0 Å². The number of piperidine rings is 1. The molecule has 0 atom stereocenters. The molecule has 0 amide bonds. The third-order valence-corrected chi connectivity index (χ3v) is 5.25. The maximum Gasteiger partial charge on any atom is 0.0389 e. The van der Waals surface area contributed by atoms with Crippen LogP contribution in [0.2, 0.25) is 0 Å². The van der Waals surface area contributed by atoms with Crippen LogP contribution in [0.5, 0.6) is 0 Å². The van der Waals surface area contributed by atoms with Gasteiger partial charge >= 0.3 is 0 Å². The first-order valence-electron chi connectivity index (χ1n) is 8.19. The maximum absolute atomic E-state index is 6.10. The van der Waals surface area contributed by atoms with E-state index < -0.39 is 0 Å². The van der Waals surface area contributed by atoms with Gasteiger partial charge in [0.25, 0.3) is 0 Å². The number of nitrogens with two attached hydrogens (primary N) is 1. The summed E-state index contributed by atoms with van der Waals surface area (Å²) in [7, 11) is 0. The minimum absolute atomic E-state index is 0.788. The van der Waals surface area contributed by atoms with Crippen molar-refractivity contribution < 1.29 is 0 Å². The molecule has 0 spiro atoms. The van der Waals surface area contributed by atoms with Gasteiger partial charge in [-0.3, -0.25) is 0 Å². The van der Waals surface area contributed by atoms with Crippen molar-refractivity contribution >= 4 is 11.4 Å². The van der Waals surface area contributed by atoms with Gasteiger partial charge in [0.2, 0.25) is 0 Å². The van der Waals surface area contributed by atoms with Crippen molar-refractivity contribution in [3.05, 3.63) is 23.8 Å². The number of hydrogen-bond acceptors (Lipinski definition) is 3. The predicted octanol–water partition coefficient (Wildman–Crippen LogP) is 2.82. The first kappa shape index (κ1) is 12.5. The lowest BCUT2D eigenvalue weighted by atomic mass is 9.98. The molecule has 1 aliphatic carbocycles. The highest BCUT2D eigenvalue weighted by Crippen LogP contribution is 2.42. The summed E-state index contributed by atoms with van der Waals surface area (Å²) in [6.07, 6.45) is 6.72. The standard InChI is InChI=1S/C17H25N3/c18-15-10-14(13-2-3-13)11-17(12-15)20-8-4-16(5-9-20)19-6-1-7-19/h10-13,16H,1-9,18H2. The molecule has 0 unspecified atom stereocenters. The van der Waals surface area contributed by atoms with Crippen molar-refractivity contribution in [2.24, 2.45) is 0 Å². The molecule has 0 radical (unpaired) electrons. The van der Waals surface area contributed by atoms with Crippen molar-refractivity contribution in [3.63, 3.8) is 0 Å². The van der Waals surface area contributed by atoms with Gasteiger partial charge in [0.1, 0.15) is 0 Å². The Kier molecular flexibility index (Phi) is 3.10. The number of nitrogen functional groups attached to an aromatic ring is 1. The zero-order valence-corrected chi connectivity index (χ0v) is 12.2. The monoisotopic (exact) mass is 271 g/mol. The molecular formula is C17H25N3. The number of hydrogen-bond donors (Lipinski definition) is 1. The first-order valence-corrected chi connectivity index (χ1v) is 8.19. The van der Waals surface area contributed by atoms with Gasteiger partial charge in [-0.2, -0.15) is 0 Å². The van der Waals surface area contributed by atoms with E-state index in [2.05, 4.69) is 28.0 Å². The average molecular weight is 271 g/mol. The van der Waals surface area contributed by atoms with E-state index in [0.717, 1.165) is 17.6 Å². The van der Waals surface area contributed by atoms with Crippen LogP contribution in [0.4, 0.5) is 11.4 Å². The van der Waals surface area contributed by atoms with Gasteiger partial charge in [0.15, 0.2) is 0 Å². The average Bonchev–Trinajstić information content (AvgIpc) is 3.21. The summed E-state index contributed by atoms with van der Waals surface area (Å²) in [5.41, 5.74) is 9.86. The Morgan fingerprint density at radius 2 is 1.65 bits per heavy atom. The lowest BCUT2D eigenvalue weighted by Crippen LogP contribution is -2.50. The van der Waals surface area contributed by atoms with E-state index in [4.69, 9.17) is 5.73 Å². The molecule has 2 heterocycles. The van der Waals surface area contributed by atoms with E-state index >= 15 is 0 Å². The zero-order chi connectivity index (χ0) is 13.5. The van der Waals surface area contributed by atoms with E-state index in [-0.39, 0.29) is 0 Å². The molecule has 3 heteroatoms. The van der Waals surface area contributed by atoms with Gasteiger partial charge < -0.3 is 15.5 Å². The molecule has 2 aliphatic heterocycles. The van der Waals surface area contributed by atoms with Crippen molar-refractivity contribution in [2.45, 2.75) is 44.1 Å². The molecule has 1 aromatic carbocycles. The number of likely N-dealkylation sites (tertiary alicyclic amines) is 1. The second kappa shape index (κ2) is 4.96. The number of benzene rings is 1. The van der Waals surface area contributed by atoms with Crippen LogP contribution in [0.25, 0.3) is 0 Å². The maximum atomic E-state index is 6.10. The minimum atomic E-state index is 0.788. The Labute approximate surface area is 121 Å². The SMILES string of the molecule is Nc1cc(C2CC2)cc(N2CCC(N3CCC3)CC2)c1. The fraction of sp³-hybridized carbons (Fsp3) is 0.647. The normalized spacial score (nSPS) is 24.7. The van der Waals surface area contributed by atoms with Crippen LogP contribution in [0.15, 0.2) is 18.2 Å². The second-order valence-electron chi connectivity index (χ2n) is 6.74. The highest BCUT2D eigenvalue weighted by atomic mass is 15.2. The predicted molar refractivity (Wildman–Crippen MR) is 84.3 cm³/mol. The number of rotatable bonds is 3. The third kappa shape index (κ3) is 2.39. The molecule has 2 N–H and O–H groups in total. The van der Waals surface area contributed by atoms with Crippen LogP contribution in [0, 0.1) is 0 Å². The highest BCUT2D eigenvalue weighted by molar-refractivity contribution is 5.59. The Hall–Kier alpha value is -1.22. The smallest absolute Gasteiger partial charge is 0.0389 e. The lowest BCUT2D eigenvalue weighted by molar-refractivity contribution is 0.100. The number of anilines is 2. The van der Waals surface area contributed by atoms with Crippen molar-refractivity contribution in [1.29, 1.82) is 0 Å². The Bertz CT molecular complexity index is 483. The van der Waals surface area contributed by atoms with Gasteiger partial charge in [-0.1, -0.05) is 0 Å². The molecular weight excluding hydrogens is 246 g/mol. The second-order valence-corrected chi connectivity index (χ2v) is 6.74. The molecule has 1 saturated carbocycles. The summed E-state index contributed by atoms with van der Waals surface area (Å²) in [6, 6.07) is 7.56. The van der Waals surface area contributed by atoms with Crippen LogP contribution >= 0.6 is 0 Å². The first-order chi connectivity index (χ1) is 9.79. The summed E-state index contributed by atoms with van der Waals surface area (Å²) < 4.78 is 0. The summed E-state index contributed by atoms with van der Waals surface area (Å²) >= 11 is 0. The van der Waals surface area contributed by atoms with Gasteiger partial charge in [0.05, 0.1) is 0 Å². The Morgan fingerprint density at radius 1 is 0.900 bits per heavy atom. The molecule has 0 aromatic heterocycles. The molecule has 3 fully saturated rings. The van der Waals surface area contributed by atoms with E-state index in [1.165, 1.54) is 69.5 Å². The fourth-order valence-electron chi connectivity index (χ4n) is 3.69. The highest BCUT2D eigenvalue weighted by Gasteiger charge is 2.29. The molecule has 20 heavy (non-hydrogen) atoms. The molecule has 4 rings (SSSR count). The Morgan fingerprint density at radius 3 is 2.25 bits per heavy atom. The Balaban J connectivity index is 1.45. The molecule has 2 saturated heterocycles. The van der Waals surface area contributed by atoms with Gasteiger partial charge in [0, 0.05) is 30.5 Å². The van der Waals surface area contributed by atoms with E-state index in [9.17, 15) is 0 Å². The van der Waals surface area contributed by atoms with Crippen LogP contribution < -0.4 is 10.6 Å². The molecule has 108 valence electrons. The van der Waals surface area contributed by atoms with Crippen molar-refractivity contribution in [2.75, 3.05) is 36.8 Å². The zero-order valence-electron chi connectivity index (χ0n) is 12.2. The topological polar surface area (TPSA) is 32.5 Å². The van der Waals surface area contributed by atoms with Gasteiger partial charge in [-0.25, -0.2) is 0 Å². The summed E-state index contributed by atoms with van der Waals surface area (Å²) in [6.45, 7) is 5.03. The van der Waals surface area contributed by atoms with E-state index in [1.807, 2.05) is 0 Å². The number of nitrogens with zero attached hydrogens (tertiary/aromatic N) is 2. The van der Waals surface area contributed by atoms with Crippen LogP contribution in [-0.2, 0) is 0 Å². The van der Waals surface area contributed by atoms with Crippen LogP contribution in [-0.4, -0.2) is 37.1 Å². The molecule has 3 nitrogen and oxygen atoms in total. The molecule has 3 aliphatic rings. The fourth-order valence-corrected chi connectivity index (χ4v) is 3.69. The van der Waals surface area contributed by atoms with Crippen LogP contribution in [0.3, 0.4) is 0 Å². The van der Waals surface area contributed by atoms with Crippen molar-refractivity contribution in [3.8, 4) is 0 Å². The minimum Gasteiger partial charge on any atom is -0.399 e. The molecule has 0 bridgehead atoms. The third-order valence-electron chi connectivity index (χ3n) is 5.25. The van der Waals surface area contributed by atoms with Gasteiger partial charge in [-0.15, -0.1) is 0 Å².